The molecule has 3 heteroatoms. The van der Waals surface area contributed by atoms with Crippen LogP contribution >= 0.6 is 0 Å². The van der Waals surface area contributed by atoms with E-state index >= 15 is 0 Å². The van der Waals surface area contributed by atoms with Gasteiger partial charge in [-0.1, -0.05) is 56.2 Å². The molecule has 132 valence electrons. The molecule has 0 aromatic rings. The van der Waals surface area contributed by atoms with Gasteiger partial charge in [0, 0.05) is 6.42 Å². The van der Waals surface area contributed by atoms with Crippen LogP contribution in [0.2, 0.25) is 0 Å². The van der Waals surface area contributed by atoms with Crippen molar-refractivity contribution in [3.05, 3.63) is 36.5 Å². The average molecular weight is 322 g/mol. The number of carboxylic acids is 1. The molecule has 23 heavy (non-hydrogen) atoms. The van der Waals surface area contributed by atoms with Crippen LogP contribution < -0.4 is 0 Å². The van der Waals surface area contributed by atoms with Crippen LogP contribution in [0, 0.1) is 0 Å². The molecule has 0 heterocycles. The minimum atomic E-state index is -0.792. The summed E-state index contributed by atoms with van der Waals surface area (Å²) in [5.74, 6) is -0.792. The van der Waals surface area contributed by atoms with Crippen molar-refractivity contribution in [1.82, 2.24) is 0 Å². The van der Waals surface area contributed by atoms with E-state index in [0.29, 0.717) is 19.3 Å². The molecule has 0 fully saturated rings. The number of carboxylic acid groups (broad SMARTS) is 1. The van der Waals surface area contributed by atoms with Gasteiger partial charge in [-0.15, -0.1) is 0 Å². The van der Waals surface area contributed by atoms with Gasteiger partial charge in [-0.2, -0.15) is 0 Å². The first-order valence-corrected chi connectivity index (χ1v) is 9.01. The van der Waals surface area contributed by atoms with E-state index < -0.39 is 5.97 Å². The molecule has 0 aromatic heterocycles. The molecule has 0 saturated heterocycles. The van der Waals surface area contributed by atoms with E-state index in [9.17, 15) is 9.90 Å². The summed E-state index contributed by atoms with van der Waals surface area (Å²) in [7, 11) is 0. The van der Waals surface area contributed by atoms with E-state index in [1.807, 2.05) is 0 Å². The standard InChI is InChI=1S/C20H34O3/c1-2-3-4-5-6-7-8-9-10-11-12-13-14-16-19(21)17-15-18-20(22)23/h6-7,9-10,12-13,19,21H,2-5,8,11,14-18H2,1H3,(H,22,23)/b7-6-,10-9-,13-12-/t19-/m0/s1. The number of hydrogen-bond acceptors (Lipinski definition) is 2. The Balaban J connectivity index is 3.45. The highest BCUT2D eigenvalue weighted by molar-refractivity contribution is 5.66. The molecular formula is C20H34O3. The van der Waals surface area contributed by atoms with Crippen LogP contribution in [0.25, 0.3) is 0 Å². The Kier molecular flexibility index (Phi) is 16.0. The highest BCUT2D eigenvalue weighted by Crippen LogP contribution is 2.07. The lowest BCUT2D eigenvalue weighted by atomic mass is 10.1. The zero-order valence-corrected chi connectivity index (χ0v) is 14.6. The molecule has 0 aliphatic heterocycles. The summed E-state index contributed by atoms with van der Waals surface area (Å²) in [5.41, 5.74) is 0. The Hall–Kier alpha value is -1.35. The fraction of sp³-hybridized carbons (Fsp3) is 0.650. The SMILES string of the molecule is CCCCC/C=C\C/C=C\C/C=C\CC[C@H](O)CCCC(=O)O. The van der Waals surface area contributed by atoms with Gasteiger partial charge in [0.05, 0.1) is 6.10 Å². The summed E-state index contributed by atoms with van der Waals surface area (Å²) in [6.45, 7) is 2.22. The fourth-order valence-electron chi connectivity index (χ4n) is 2.21. The van der Waals surface area contributed by atoms with Gasteiger partial charge in [-0.05, 0) is 51.4 Å². The predicted octanol–water partition coefficient (Wildman–Crippen LogP) is 5.41. The third-order valence-electron chi connectivity index (χ3n) is 3.61. The van der Waals surface area contributed by atoms with Gasteiger partial charge < -0.3 is 10.2 Å². The van der Waals surface area contributed by atoms with Gasteiger partial charge in [0.2, 0.25) is 0 Å². The van der Waals surface area contributed by atoms with E-state index in [4.69, 9.17) is 5.11 Å². The van der Waals surface area contributed by atoms with Crippen molar-refractivity contribution >= 4 is 5.97 Å². The Morgan fingerprint density at radius 1 is 0.870 bits per heavy atom. The van der Waals surface area contributed by atoms with Crippen molar-refractivity contribution in [2.24, 2.45) is 0 Å². The van der Waals surface area contributed by atoms with Crippen LogP contribution in [0.5, 0.6) is 0 Å². The number of aliphatic hydroxyl groups excluding tert-OH is 1. The second kappa shape index (κ2) is 17.0. The second-order valence-corrected chi connectivity index (χ2v) is 5.90. The van der Waals surface area contributed by atoms with Crippen LogP contribution in [0.3, 0.4) is 0 Å². The zero-order valence-electron chi connectivity index (χ0n) is 14.6. The third kappa shape index (κ3) is 18.6. The van der Waals surface area contributed by atoms with Gasteiger partial charge in [-0.3, -0.25) is 4.79 Å². The molecular weight excluding hydrogens is 288 g/mol. The number of aliphatic hydroxyl groups is 1. The molecule has 1 atom stereocenters. The summed E-state index contributed by atoms with van der Waals surface area (Å²) < 4.78 is 0. The first-order valence-electron chi connectivity index (χ1n) is 9.01. The molecule has 0 radical (unpaired) electrons. The normalized spacial score (nSPS) is 13.5. The molecule has 0 bridgehead atoms. The van der Waals surface area contributed by atoms with E-state index in [0.717, 1.165) is 19.3 Å². The molecule has 0 amide bonds. The Labute approximate surface area is 141 Å². The Morgan fingerprint density at radius 2 is 1.48 bits per heavy atom. The molecule has 3 nitrogen and oxygen atoms in total. The Bertz CT molecular complexity index is 356. The smallest absolute Gasteiger partial charge is 0.303 e. The quantitative estimate of drug-likeness (QED) is 0.313. The molecule has 0 aliphatic carbocycles. The number of unbranched alkanes of at least 4 members (excludes halogenated alkanes) is 3. The van der Waals surface area contributed by atoms with Crippen molar-refractivity contribution < 1.29 is 15.0 Å². The maximum Gasteiger partial charge on any atom is 0.303 e. The first kappa shape index (κ1) is 21.6. The topological polar surface area (TPSA) is 57.5 Å². The van der Waals surface area contributed by atoms with Gasteiger partial charge in [0.15, 0.2) is 0 Å². The van der Waals surface area contributed by atoms with E-state index in [1.54, 1.807) is 0 Å². The highest BCUT2D eigenvalue weighted by Gasteiger charge is 2.04. The number of carbonyl (C=O) groups is 1. The summed E-state index contributed by atoms with van der Waals surface area (Å²) >= 11 is 0. The molecule has 0 rings (SSSR count). The molecule has 2 N–H and O–H groups in total. The molecule has 0 aromatic carbocycles. The zero-order chi connectivity index (χ0) is 17.2. The third-order valence-corrected chi connectivity index (χ3v) is 3.61. The van der Waals surface area contributed by atoms with Crippen LogP contribution in [0.15, 0.2) is 36.5 Å². The van der Waals surface area contributed by atoms with Crippen LogP contribution in [0.1, 0.15) is 77.6 Å². The van der Waals surface area contributed by atoms with E-state index in [-0.39, 0.29) is 12.5 Å². The average Bonchev–Trinajstić information content (AvgIpc) is 2.51. The van der Waals surface area contributed by atoms with E-state index in [2.05, 4.69) is 43.4 Å². The minimum absolute atomic E-state index is 0.144. The number of hydrogen-bond donors (Lipinski definition) is 2. The minimum Gasteiger partial charge on any atom is -0.481 e. The van der Waals surface area contributed by atoms with Crippen molar-refractivity contribution in [3.63, 3.8) is 0 Å². The number of allylic oxidation sites excluding steroid dienone is 6. The highest BCUT2D eigenvalue weighted by atomic mass is 16.4. The lowest BCUT2D eigenvalue weighted by molar-refractivity contribution is -0.137. The maximum atomic E-state index is 10.4. The monoisotopic (exact) mass is 322 g/mol. The summed E-state index contributed by atoms with van der Waals surface area (Å²) in [6.07, 6.45) is 22.5. The molecule has 0 aliphatic rings. The molecule has 0 unspecified atom stereocenters. The van der Waals surface area contributed by atoms with Crippen molar-refractivity contribution in [2.45, 2.75) is 83.7 Å². The Morgan fingerprint density at radius 3 is 2.09 bits per heavy atom. The lowest BCUT2D eigenvalue weighted by Crippen LogP contribution is -2.06. The first-order chi connectivity index (χ1) is 11.2. The summed E-state index contributed by atoms with van der Waals surface area (Å²) in [6, 6.07) is 0. The van der Waals surface area contributed by atoms with Crippen LogP contribution in [-0.4, -0.2) is 22.3 Å². The van der Waals surface area contributed by atoms with Gasteiger partial charge in [0.1, 0.15) is 0 Å². The van der Waals surface area contributed by atoms with Gasteiger partial charge in [0.25, 0.3) is 0 Å². The second-order valence-electron chi connectivity index (χ2n) is 5.90. The molecule has 0 saturated carbocycles. The van der Waals surface area contributed by atoms with Gasteiger partial charge >= 0.3 is 5.97 Å². The summed E-state index contributed by atoms with van der Waals surface area (Å²) in [5, 5.41) is 18.2. The van der Waals surface area contributed by atoms with Crippen molar-refractivity contribution in [2.75, 3.05) is 0 Å². The lowest BCUT2D eigenvalue weighted by Gasteiger charge is -2.07. The van der Waals surface area contributed by atoms with Crippen LogP contribution in [0.4, 0.5) is 0 Å². The van der Waals surface area contributed by atoms with Crippen molar-refractivity contribution in [3.8, 4) is 0 Å². The summed E-state index contributed by atoms with van der Waals surface area (Å²) in [4.78, 5) is 10.4. The largest absolute Gasteiger partial charge is 0.481 e. The van der Waals surface area contributed by atoms with E-state index in [1.165, 1.54) is 25.7 Å². The number of rotatable bonds is 15. The van der Waals surface area contributed by atoms with Crippen molar-refractivity contribution in [1.29, 1.82) is 0 Å². The van der Waals surface area contributed by atoms with Gasteiger partial charge in [-0.25, -0.2) is 0 Å². The number of aliphatic carboxylic acids is 1. The van der Waals surface area contributed by atoms with Crippen LogP contribution in [-0.2, 0) is 4.79 Å². The molecule has 0 spiro atoms. The fourth-order valence-corrected chi connectivity index (χ4v) is 2.21. The maximum absolute atomic E-state index is 10.4. The predicted molar refractivity (Wildman–Crippen MR) is 97.5 cm³/mol.